The van der Waals surface area contributed by atoms with Crippen molar-refractivity contribution in [3.63, 3.8) is 0 Å². The summed E-state index contributed by atoms with van der Waals surface area (Å²) in [7, 11) is 0. The van der Waals surface area contributed by atoms with E-state index in [2.05, 4.69) is 79.0 Å². The molecule has 0 aromatic heterocycles. The van der Waals surface area contributed by atoms with Crippen molar-refractivity contribution in [1.29, 1.82) is 0 Å². The van der Waals surface area contributed by atoms with E-state index in [-0.39, 0.29) is 12.1 Å². The molecule has 0 atom stereocenters. The van der Waals surface area contributed by atoms with Crippen LogP contribution in [0.3, 0.4) is 0 Å². The Morgan fingerprint density at radius 2 is 1.95 bits per heavy atom. The van der Waals surface area contributed by atoms with E-state index in [1.807, 2.05) is 0 Å². The monoisotopic (exact) mass is 356 g/mol. The van der Waals surface area contributed by atoms with Crippen molar-refractivity contribution in [2.75, 3.05) is 18.1 Å². The number of nitrogens with one attached hydrogen (secondary N) is 1. The van der Waals surface area contributed by atoms with Crippen LogP contribution < -0.4 is 10.2 Å². The molecule has 1 aromatic rings. The number of hydrogen-bond acceptors (Lipinski definition) is 3. The first-order valence-corrected chi connectivity index (χ1v) is 8.45. The minimum absolute atomic E-state index is 0.0953. The number of rotatable bonds is 7. The molecule has 0 aliphatic heterocycles. The van der Waals surface area contributed by atoms with E-state index in [1.165, 1.54) is 11.3 Å². The van der Waals surface area contributed by atoms with E-state index in [4.69, 9.17) is 5.11 Å². The van der Waals surface area contributed by atoms with Gasteiger partial charge in [0, 0.05) is 41.4 Å². The Morgan fingerprint density at radius 3 is 2.48 bits per heavy atom. The van der Waals surface area contributed by atoms with E-state index in [1.54, 1.807) is 0 Å². The highest BCUT2D eigenvalue weighted by Crippen LogP contribution is 2.27. The fraction of sp³-hybridized carbons (Fsp3) is 0.647. The third kappa shape index (κ3) is 6.37. The maximum absolute atomic E-state index is 9.13. The van der Waals surface area contributed by atoms with Crippen LogP contribution in [-0.4, -0.2) is 29.8 Å². The molecule has 0 fully saturated rings. The Hall–Kier alpha value is -0.580. The van der Waals surface area contributed by atoms with Gasteiger partial charge in [-0.15, -0.1) is 0 Å². The molecule has 120 valence electrons. The van der Waals surface area contributed by atoms with Gasteiger partial charge in [0.15, 0.2) is 0 Å². The van der Waals surface area contributed by atoms with Crippen molar-refractivity contribution >= 4 is 21.6 Å². The molecule has 0 aliphatic rings. The molecule has 0 saturated heterocycles. The Bertz CT molecular complexity index is 441. The van der Waals surface area contributed by atoms with Crippen molar-refractivity contribution < 1.29 is 5.11 Å². The van der Waals surface area contributed by atoms with Gasteiger partial charge in [-0.3, -0.25) is 0 Å². The summed E-state index contributed by atoms with van der Waals surface area (Å²) in [4.78, 5) is 2.36. The number of aliphatic hydroxyl groups is 1. The molecule has 3 nitrogen and oxygen atoms in total. The van der Waals surface area contributed by atoms with Crippen LogP contribution in [0.4, 0.5) is 5.69 Å². The van der Waals surface area contributed by atoms with Crippen molar-refractivity contribution in [2.24, 2.45) is 0 Å². The van der Waals surface area contributed by atoms with Gasteiger partial charge in [-0.05, 0) is 58.7 Å². The van der Waals surface area contributed by atoms with E-state index in [9.17, 15) is 0 Å². The summed E-state index contributed by atoms with van der Waals surface area (Å²) in [5.41, 5.74) is 2.63. The van der Waals surface area contributed by atoms with Gasteiger partial charge in [0.05, 0.1) is 0 Å². The predicted octanol–water partition coefficient (Wildman–Crippen LogP) is 3.93. The lowest BCUT2D eigenvalue weighted by molar-refractivity contribution is 0.288. The van der Waals surface area contributed by atoms with Gasteiger partial charge < -0.3 is 15.3 Å². The van der Waals surface area contributed by atoms with Crippen molar-refractivity contribution in [2.45, 2.75) is 59.2 Å². The molecule has 21 heavy (non-hydrogen) atoms. The molecule has 0 heterocycles. The van der Waals surface area contributed by atoms with Gasteiger partial charge in [-0.25, -0.2) is 0 Å². The molecule has 0 radical (unpaired) electrons. The first kappa shape index (κ1) is 18.5. The zero-order valence-electron chi connectivity index (χ0n) is 13.9. The molecule has 0 aliphatic carbocycles. The van der Waals surface area contributed by atoms with Gasteiger partial charge in [-0.2, -0.15) is 0 Å². The highest BCUT2D eigenvalue weighted by molar-refractivity contribution is 9.10. The molecule has 1 aromatic carbocycles. The van der Waals surface area contributed by atoms with Crippen LogP contribution in [0.1, 0.15) is 46.6 Å². The number of halogens is 1. The fourth-order valence-corrected chi connectivity index (χ4v) is 2.56. The van der Waals surface area contributed by atoms with E-state index < -0.39 is 0 Å². The Kier molecular flexibility index (Phi) is 7.17. The minimum atomic E-state index is 0.0953. The van der Waals surface area contributed by atoms with Gasteiger partial charge in [-0.1, -0.05) is 22.0 Å². The van der Waals surface area contributed by atoms with Crippen LogP contribution in [0.25, 0.3) is 0 Å². The molecule has 2 N–H and O–H groups in total. The molecule has 0 unspecified atom stereocenters. The SMILES string of the molecule is CC(C)N(CCCO)c1cc(Br)ccc1CNC(C)(C)C. The molecule has 0 bridgehead atoms. The lowest BCUT2D eigenvalue weighted by atomic mass is 10.1. The summed E-state index contributed by atoms with van der Waals surface area (Å²) in [5, 5.41) is 12.7. The van der Waals surface area contributed by atoms with Gasteiger partial charge >= 0.3 is 0 Å². The quantitative estimate of drug-likeness (QED) is 0.776. The Morgan fingerprint density at radius 1 is 1.29 bits per heavy atom. The summed E-state index contributed by atoms with van der Waals surface area (Å²) < 4.78 is 1.09. The number of nitrogens with zero attached hydrogens (tertiary/aromatic N) is 1. The molecule has 1 rings (SSSR count). The van der Waals surface area contributed by atoms with E-state index in [0.29, 0.717) is 6.04 Å². The average Bonchev–Trinajstić information content (AvgIpc) is 2.36. The summed E-state index contributed by atoms with van der Waals surface area (Å²) in [6.07, 6.45) is 0.789. The number of aliphatic hydroxyl groups excluding tert-OH is 1. The molecule has 0 spiro atoms. The number of hydrogen-bond donors (Lipinski definition) is 2. The van der Waals surface area contributed by atoms with Crippen LogP contribution in [0, 0.1) is 0 Å². The van der Waals surface area contributed by atoms with Gasteiger partial charge in [0.1, 0.15) is 0 Å². The maximum Gasteiger partial charge on any atom is 0.0447 e. The molecule has 4 heteroatoms. The highest BCUT2D eigenvalue weighted by atomic mass is 79.9. The van der Waals surface area contributed by atoms with Crippen LogP contribution >= 0.6 is 15.9 Å². The molecular formula is C17H29BrN2O. The van der Waals surface area contributed by atoms with Crippen molar-refractivity contribution in [1.82, 2.24) is 5.32 Å². The summed E-state index contributed by atoms with van der Waals surface area (Å²) >= 11 is 3.58. The van der Waals surface area contributed by atoms with Gasteiger partial charge in [0.2, 0.25) is 0 Å². The van der Waals surface area contributed by atoms with Crippen molar-refractivity contribution in [3.05, 3.63) is 28.2 Å². The lowest BCUT2D eigenvalue weighted by Gasteiger charge is -2.32. The second-order valence-corrected chi connectivity index (χ2v) is 7.66. The van der Waals surface area contributed by atoms with E-state index >= 15 is 0 Å². The van der Waals surface area contributed by atoms with Crippen LogP contribution in [0.2, 0.25) is 0 Å². The Balaban J connectivity index is 3.03. The second kappa shape index (κ2) is 8.16. The molecular weight excluding hydrogens is 328 g/mol. The third-order valence-electron chi connectivity index (χ3n) is 3.35. The zero-order valence-corrected chi connectivity index (χ0v) is 15.5. The first-order chi connectivity index (χ1) is 9.74. The largest absolute Gasteiger partial charge is 0.396 e. The molecule has 0 amide bonds. The third-order valence-corrected chi connectivity index (χ3v) is 3.84. The van der Waals surface area contributed by atoms with Crippen LogP contribution in [-0.2, 0) is 6.54 Å². The predicted molar refractivity (Wildman–Crippen MR) is 94.9 cm³/mol. The average molecular weight is 357 g/mol. The van der Waals surface area contributed by atoms with Crippen LogP contribution in [0.5, 0.6) is 0 Å². The standard InChI is InChI=1S/C17H29BrN2O/c1-13(2)20(9-6-10-21)16-11-15(18)8-7-14(16)12-19-17(3,4)5/h7-8,11,13,19,21H,6,9-10,12H2,1-5H3. The van der Waals surface area contributed by atoms with Gasteiger partial charge in [0.25, 0.3) is 0 Å². The topological polar surface area (TPSA) is 35.5 Å². The summed E-state index contributed by atoms with van der Waals surface area (Å²) in [5.74, 6) is 0. The Labute approximate surface area is 137 Å². The van der Waals surface area contributed by atoms with E-state index in [0.717, 1.165) is 24.0 Å². The maximum atomic E-state index is 9.13. The fourth-order valence-electron chi connectivity index (χ4n) is 2.21. The van der Waals surface area contributed by atoms with Crippen LogP contribution in [0.15, 0.2) is 22.7 Å². The zero-order chi connectivity index (χ0) is 16.0. The first-order valence-electron chi connectivity index (χ1n) is 7.65. The lowest BCUT2D eigenvalue weighted by Crippen LogP contribution is -2.37. The van der Waals surface area contributed by atoms with Crippen molar-refractivity contribution in [3.8, 4) is 0 Å². The second-order valence-electron chi connectivity index (χ2n) is 6.74. The number of anilines is 1. The number of benzene rings is 1. The highest BCUT2D eigenvalue weighted by Gasteiger charge is 2.16. The smallest absolute Gasteiger partial charge is 0.0447 e. The normalized spacial score (nSPS) is 12.0. The minimum Gasteiger partial charge on any atom is -0.396 e. The molecule has 0 saturated carbocycles. The summed E-state index contributed by atoms with van der Waals surface area (Å²) in [6.45, 7) is 12.9. The summed E-state index contributed by atoms with van der Waals surface area (Å²) in [6, 6.07) is 6.84.